The molecule has 0 radical (unpaired) electrons. The third-order valence-corrected chi connectivity index (χ3v) is 4.02. The number of carbonyl (C=O) groups excluding carboxylic acids is 2. The van der Waals surface area contributed by atoms with Crippen LogP contribution in [0.1, 0.15) is 43.1 Å². The van der Waals surface area contributed by atoms with Gasteiger partial charge in [0.1, 0.15) is 5.60 Å². The Kier molecular flexibility index (Phi) is 6.40. The molecule has 0 saturated heterocycles. The fourth-order valence-electron chi connectivity index (χ4n) is 2.42. The van der Waals surface area contributed by atoms with E-state index >= 15 is 0 Å². The Bertz CT molecular complexity index is 844. The van der Waals surface area contributed by atoms with Crippen molar-refractivity contribution in [1.82, 2.24) is 4.90 Å². The third-order valence-electron chi connectivity index (χ3n) is 3.71. The van der Waals surface area contributed by atoms with Crippen molar-refractivity contribution >= 4 is 29.4 Å². The summed E-state index contributed by atoms with van der Waals surface area (Å²) in [6.45, 7) is 6.41. The summed E-state index contributed by atoms with van der Waals surface area (Å²) >= 11 is 6.08. The molecule has 1 heterocycles. The molecular weight excluding hydrogens is 368 g/mol. The number of hydrogen-bond donors (Lipinski definition) is 1. The van der Waals surface area contributed by atoms with Gasteiger partial charge in [-0.25, -0.2) is 9.59 Å². The van der Waals surface area contributed by atoms with Crippen molar-refractivity contribution < 1.29 is 19.1 Å². The van der Waals surface area contributed by atoms with E-state index in [1.54, 1.807) is 4.90 Å². The number of ether oxygens (including phenoxy) is 2. The maximum absolute atomic E-state index is 12.2. The highest BCUT2D eigenvalue weighted by Crippen LogP contribution is 2.25. The van der Waals surface area contributed by atoms with Crippen LogP contribution in [0.15, 0.2) is 23.8 Å². The van der Waals surface area contributed by atoms with Gasteiger partial charge in [0.05, 0.1) is 35.5 Å². The Morgan fingerprint density at radius 2 is 1.96 bits per heavy atom. The van der Waals surface area contributed by atoms with Gasteiger partial charge in [0.2, 0.25) is 0 Å². The minimum atomic E-state index is -0.552. The van der Waals surface area contributed by atoms with Gasteiger partial charge in [-0.05, 0) is 39.3 Å². The number of rotatable bonds is 1. The first kappa shape index (κ1) is 20.7. The van der Waals surface area contributed by atoms with E-state index < -0.39 is 11.6 Å². The summed E-state index contributed by atoms with van der Waals surface area (Å²) in [4.78, 5) is 25.6. The lowest BCUT2D eigenvalue weighted by Gasteiger charge is -2.29. The zero-order valence-electron chi connectivity index (χ0n) is 15.9. The number of carbonyl (C=O) groups is 2. The molecule has 6 nitrogen and oxygen atoms in total. The molecule has 1 aromatic rings. The molecule has 1 amide bonds. The lowest BCUT2D eigenvalue weighted by Crippen LogP contribution is -2.39. The molecule has 0 fully saturated rings. The zero-order chi connectivity index (χ0) is 20.2. The van der Waals surface area contributed by atoms with Crippen LogP contribution in [0.3, 0.4) is 0 Å². The van der Waals surface area contributed by atoms with Crippen molar-refractivity contribution in [1.29, 1.82) is 0 Å². The largest absolute Gasteiger partial charge is 0.465 e. The lowest BCUT2D eigenvalue weighted by atomic mass is 10.1. The molecule has 2 N–H and O–H groups in total. The average Bonchev–Trinajstić information content (AvgIpc) is 2.61. The molecule has 1 aliphatic heterocycles. The van der Waals surface area contributed by atoms with Crippen molar-refractivity contribution in [2.24, 2.45) is 0 Å². The Morgan fingerprint density at radius 1 is 1.26 bits per heavy atom. The lowest BCUT2D eigenvalue weighted by molar-refractivity contribution is 0.0264. The molecule has 0 bridgehead atoms. The van der Waals surface area contributed by atoms with Gasteiger partial charge in [-0.2, -0.15) is 0 Å². The van der Waals surface area contributed by atoms with Crippen molar-refractivity contribution in [3.8, 4) is 11.8 Å². The molecule has 0 unspecified atom stereocenters. The second kappa shape index (κ2) is 8.36. The normalized spacial score (nSPS) is 14.0. The summed E-state index contributed by atoms with van der Waals surface area (Å²) in [5.74, 6) is 5.42. The Labute approximate surface area is 164 Å². The molecule has 144 valence electrons. The van der Waals surface area contributed by atoms with E-state index in [2.05, 4.69) is 11.8 Å². The second-order valence-electron chi connectivity index (χ2n) is 7.08. The maximum Gasteiger partial charge on any atom is 0.410 e. The number of anilines is 1. The van der Waals surface area contributed by atoms with Crippen LogP contribution in [0.2, 0.25) is 5.02 Å². The molecule has 27 heavy (non-hydrogen) atoms. The number of halogens is 1. The van der Waals surface area contributed by atoms with E-state index in [0.29, 0.717) is 25.1 Å². The minimum Gasteiger partial charge on any atom is -0.465 e. The SMILES string of the molecule is COC(=O)c1cc(Cl)c(N)c(C#CC2=CCCN(C(=O)OC(C)(C)C)C2)c1. The van der Waals surface area contributed by atoms with E-state index in [1.807, 2.05) is 26.8 Å². The molecule has 0 aliphatic carbocycles. The fraction of sp³-hybridized carbons (Fsp3) is 0.400. The average molecular weight is 391 g/mol. The Hall–Kier alpha value is -2.65. The predicted octanol–water partition coefficient (Wildman–Crippen LogP) is 3.63. The summed E-state index contributed by atoms with van der Waals surface area (Å²) in [6, 6.07) is 2.98. The second-order valence-corrected chi connectivity index (χ2v) is 7.49. The summed E-state index contributed by atoms with van der Waals surface area (Å²) in [6.07, 6.45) is 2.28. The molecule has 2 rings (SSSR count). The van der Waals surface area contributed by atoms with Crippen LogP contribution in [-0.4, -0.2) is 42.8 Å². The molecule has 0 saturated carbocycles. The van der Waals surface area contributed by atoms with E-state index in [4.69, 9.17) is 26.8 Å². The van der Waals surface area contributed by atoms with Crippen LogP contribution >= 0.6 is 11.6 Å². The Balaban J connectivity index is 2.20. The summed E-state index contributed by atoms with van der Waals surface area (Å²) in [5.41, 5.74) is 7.17. The van der Waals surface area contributed by atoms with E-state index in [-0.39, 0.29) is 22.4 Å². The topological polar surface area (TPSA) is 81.9 Å². The van der Waals surface area contributed by atoms with Gasteiger partial charge in [-0.3, -0.25) is 0 Å². The third kappa shape index (κ3) is 5.66. The van der Waals surface area contributed by atoms with Gasteiger partial charge < -0.3 is 20.1 Å². The van der Waals surface area contributed by atoms with Crippen LogP contribution in [0, 0.1) is 11.8 Å². The first-order valence-electron chi connectivity index (χ1n) is 8.47. The van der Waals surface area contributed by atoms with E-state index in [0.717, 1.165) is 5.57 Å². The smallest absolute Gasteiger partial charge is 0.410 e. The number of nitrogens with two attached hydrogens (primary N) is 1. The summed E-state index contributed by atoms with van der Waals surface area (Å²) < 4.78 is 10.1. The van der Waals surface area contributed by atoms with Gasteiger partial charge in [-0.15, -0.1) is 0 Å². The number of esters is 1. The van der Waals surface area contributed by atoms with Gasteiger partial charge in [0.15, 0.2) is 0 Å². The molecule has 0 atom stereocenters. The highest BCUT2D eigenvalue weighted by atomic mass is 35.5. The number of hydrogen-bond acceptors (Lipinski definition) is 5. The van der Waals surface area contributed by atoms with Crippen LogP contribution in [0.4, 0.5) is 10.5 Å². The van der Waals surface area contributed by atoms with Crippen LogP contribution in [-0.2, 0) is 9.47 Å². The van der Waals surface area contributed by atoms with Crippen molar-refractivity contribution in [2.45, 2.75) is 32.8 Å². The van der Waals surface area contributed by atoms with Gasteiger partial charge >= 0.3 is 12.1 Å². The van der Waals surface area contributed by atoms with Crippen LogP contribution < -0.4 is 5.73 Å². The maximum atomic E-state index is 12.2. The zero-order valence-corrected chi connectivity index (χ0v) is 16.6. The fourth-order valence-corrected chi connectivity index (χ4v) is 2.64. The van der Waals surface area contributed by atoms with E-state index in [9.17, 15) is 9.59 Å². The van der Waals surface area contributed by atoms with Crippen molar-refractivity contribution in [2.75, 3.05) is 25.9 Å². The molecule has 1 aliphatic rings. The predicted molar refractivity (Wildman–Crippen MR) is 105 cm³/mol. The minimum absolute atomic E-state index is 0.232. The van der Waals surface area contributed by atoms with Crippen molar-refractivity contribution in [3.05, 3.63) is 39.9 Å². The molecule has 1 aromatic carbocycles. The highest BCUT2D eigenvalue weighted by molar-refractivity contribution is 6.33. The Morgan fingerprint density at radius 3 is 2.59 bits per heavy atom. The van der Waals surface area contributed by atoms with Gasteiger partial charge in [-0.1, -0.05) is 29.5 Å². The number of nitrogens with zero attached hydrogens (tertiary/aromatic N) is 1. The molecule has 0 spiro atoms. The summed E-state index contributed by atoms with van der Waals surface area (Å²) in [5, 5.41) is 0.232. The van der Waals surface area contributed by atoms with E-state index in [1.165, 1.54) is 19.2 Å². The number of methoxy groups -OCH3 is 1. The number of benzene rings is 1. The van der Waals surface area contributed by atoms with Gasteiger partial charge in [0, 0.05) is 12.1 Å². The van der Waals surface area contributed by atoms with Crippen LogP contribution in [0.5, 0.6) is 0 Å². The first-order chi connectivity index (χ1) is 12.6. The summed E-state index contributed by atoms with van der Waals surface area (Å²) in [7, 11) is 1.29. The van der Waals surface area contributed by atoms with Crippen LogP contribution in [0.25, 0.3) is 0 Å². The quantitative estimate of drug-likeness (QED) is 0.450. The number of nitrogen functional groups attached to an aromatic ring is 1. The molecular formula is C20H23ClN2O4. The first-order valence-corrected chi connectivity index (χ1v) is 8.85. The molecule has 0 aromatic heterocycles. The monoisotopic (exact) mass is 390 g/mol. The standard InChI is InChI=1S/C20H23ClN2O4/c1-20(2,3)27-19(25)23-9-5-6-13(12-23)7-8-14-10-15(18(24)26-4)11-16(21)17(14)22/h6,10-11H,5,9,12,22H2,1-4H3. The van der Waals surface area contributed by atoms with Crippen molar-refractivity contribution in [3.63, 3.8) is 0 Å². The highest BCUT2D eigenvalue weighted by Gasteiger charge is 2.23. The number of amides is 1. The molecule has 7 heteroatoms. The van der Waals surface area contributed by atoms with Gasteiger partial charge in [0.25, 0.3) is 0 Å².